The van der Waals surface area contributed by atoms with E-state index >= 15 is 0 Å². The van der Waals surface area contributed by atoms with Gasteiger partial charge in [0.05, 0.1) is 4.47 Å². The van der Waals surface area contributed by atoms with E-state index in [1.807, 2.05) is 32.3 Å². The molecule has 0 aliphatic carbocycles. The Morgan fingerprint density at radius 3 is 2.96 bits per heavy atom. The van der Waals surface area contributed by atoms with Crippen LogP contribution < -0.4 is 10.6 Å². The molecule has 3 aromatic heterocycles. The van der Waals surface area contributed by atoms with Crippen molar-refractivity contribution >= 4 is 33.5 Å². The van der Waals surface area contributed by atoms with Gasteiger partial charge in [0.1, 0.15) is 0 Å². The summed E-state index contributed by atoms with van der Waals surface area (Å²) >= 11 is 3.45. The smallest absolute Gasteiger partial charge is 0.224 e. The summed E-state index contributed by atoms with van der Waals surface area (Å²) in [6.45, 7) is 2.71. The number of nitrogens with one attached hydrogen (secondary N) is 3. The summed E-state index contributed by atoms with van der Waals surface area (Å²) in [5.41, 5.74) is 2.25. The van der Waals surface area contributed by atoms with Gasteiger partial charge in [0.25, 0.3) is 0 Å². The van der Waals surface area contributed by atoms with Crippen molar-refractivity contribution in [2.24, 2.45) is 7.05 Å². The van der Waals surface area contributed by atoms with Crippen molar-refractivity contribution in [3.05, 3.63) is 46.5 Å². The van der Waals surface area contributed by atoms with Gasteiger partial charge in [-0.3, -0.25) is 5.10 Å². The summed E-state index contributed by atoms with van der Waals surface area (Å²) in [7, 11) is 2.04. The summed E-state index contributed by atoms with van der Waals surface area (Å²) in [6, 6.07) is 6.06. The lowest BCUT2D eigenvalue weighted by Gasteiger charge is -2.09. The van der Waals surface area contributed by atoms with Gasteiger partial charge in [-0.1, -0.05) is 0 Å². The molecule has 3 N–H and O–H groups in total. The van der Waals surface area contributed by atoms with Crippen LogP contribution in [0.3, 0.4) is 0 Å². The number of halogens is 1. The summed E-state index contributed by atoms with van der Waals surface area (Å²) in [5.74, 6) is 1.97. The standard InChI is InChI=1S/C15H18BrN7/c1-10-8-13(22-21-10)19-14-12(16)9-18-15(20-14)17-6-5-11-4-3-7-23(11)2/h3-4,7-9H,5-6H2,1-2H3,(H3,17,18,19,20,21,22). The lowest BCUT2D eigenvalue weighted by molar-refractivity contribution is 0.816. The third-order valence-corrected chi connectivity index (χ3v) is 3.99. The summed E-state index contributed by atoms with van der Waals surface area (Å²) in [4.78, 5) is 8.76. The predicted octanol–water partition coefficient (Wildman–Crippen LogP) is 3.01. The molecule has 0 atom stereocenters. The Bertz CT molecular complexity index is 793. The summed E-state index contributed by atoms with van der Waals surface area (Å²) < 4.78 is 2.89. The first kappa shape index (κ1) is 15.5. The van der Waals surface area contributed by atoms with Crippen molar-refractivity contribution in [3.63, 3.8) is 0 Å². The lowest BCUT2D eigenvalue weighted by atomic mass is 10.3. The fourth-order valence-electron chi connectivity index (χ4n) is 2.20. The zero-order chi connectivity index (χ0) is 16.2. The van der Waals surface area contributed by atoms with Gasteiger partial charge in [-0.05, 0) is 35.0 Å². The fraction of sp³-hybridized carbons (Fsp3) is 0.267. The number of rotatable bonds is 6. The van der Waals surface area contributed by atoms with Gasteiger partial charge in [0.2, 0.25) is 5.95 Å². The van der Waals surface area contributed by atoms with E-state index in [-0.39, 0.29) is 0 Å². The molecule has 0 saturated carbocycles. The Kier molecular flexibility index (Phi) is 4.61. The van der Waals surface area contributed by atoms with Crippen molar-refractivity contribution in [2.45, 2.75) is 13.3 Å². The van der Waals surface area contributed by atoms with Crippen LogP contribution in [-0.4, -0.2) is 31.3 Å². The number of aromatic amines is 1. The van der Waals surface area contributed by atoms with Crippen LogP contribution in [0, 0.1) is 6.92 Å². The molecule has 3 heterocycles. The first-order valence-corrected chi connectivity index (χ1v) is 8.07. The Balaban J connectivity index is 1.64. The second kappa shape index (κ2) is 6.82. The quantitative estimate of drug-likeness (QED) is 0.616. The number of aromatic nitrogens is 5. The first-order chi connectivity index (χ1) is 11.1. The zero-order valence-electron chi connectivity index (χ0n) is 13.0. The Morgan fingerprint density at radius 2 is 2.26 bits per heavy atom. The number of hydrogen-bond donors (Lipinski definition) is 3. The van der Waals surface area contributed by atoms with Gasteiger partial charge in [-0.25, -0.2) is 4.98 Å². The zero-order valence-corrected chi connectivity index (χ0v) is 14.6. The van der Waals surface area contributed by atoms with E-state index in [0.717, 1.165) is 29.0 Å². The van der Waals surface area contributed by atoms with Crippen molar-refractivity contribution in [1.82, 2.24) is 24.7 Å². The van der Waals surface area contributed by atoms with Gasteiger partial charge in [-0.2, -0.15) is 10.1 Å². The molecule has 0 aliphatic rings. The molecule has 0 fully saturated rings. The highest BCUT2D eigenvalue weighted by Crippen LogP contribution is 2.23. The number of hydrogen-bond acceptors (Lipinski definition) is 5. The Hall–Kier alpha value is -2.35. The van der Waals surface area contributed by atoms with Crippen LogP contribution in [-0.2, 0) is 13.5 Å². The van der Waals surface area contributed by atoms with Gasteiger partial charge in [0, 0.05) is 49.9 Å². The highest BCUT2D eigenvalue weighted by molar-refractivity contribution is 9.10. The van der Waals surface area contributed by atoms with E-state index in [9.17, 15) is 0 Å². The molecule has 120 valence electrons. The van der Waals surface area contributed by atoms with E-state index in [0.29, 0.717) is 11.8 Å². The molecule has 7 nitrogen and oxygen atoms in total. The van der Waals surface area contributed by atoms with E-state index < -0.39 is 0 Å². The third kappa shape index (κ3) is 3.89. The molecule has 0 radical (unpaired) electrons. The van der Waals surface area contributed by atoms with Gasteiger partial charge in [-0.15, -0.1) is 0 Å². The first-order valence-electron chi connectivity index (χ1n) is 7.27. The average Bonchev–Trinajstić information content (AvgIpc) is 3.11. The number of nitrogens with zero attached hydrogens (tertiary/aromatic N) is 4. The van der Waals surface area contributed by atoms with E-state index in [4.69, 9.17) is 0 Å². The minimum atomic E-state index is 0.581. The Labute approximate surface area is 142 Å². The SMILES string of the molecule is Cc1cc(Nc2nc(NCCc3cccn3C)ncc2Br)n[nH]1. The maximum atomic E-state index is 4.48. The van der Waals surface area contributed by atoms with E-state index in [1.165, 1.54) is 5.69 Å². The second-order valence-electron chi connectivity index (χ2n) is 5.24. The molecule has 0 amide bonds. The molecule has 0 saturated heterocycles. The lowest BCUT2D eigenvalue weighted by Crippen LogP contribution is -2.10. The molecule has 0 bridgehead atoms. The van der Waals surface area contributed by atoms with Crippen LogP contribution >= 0.6 is 15.9 Å². The third-order valence-electron chi connectivity index (χ3n) is 3.41. The molecular formula is C15H18BrN7. The summed E-state index contributed by atoms with van der Waals surface area (Å²) in [6.07, 6.45) is 4.67. The highest BCUT2D eigenvalue weighted by Gasteiger charge is 2.07. The summed E-state index contributed by atoms with van der Waals surface area (Å²) in [5, 5.41) is 13.4. The molecule has 3 rings (SSSR count). The van der Waals surface area contributed by atoms with E-state index in [2.05, 4.69) is 57.4 Å². The fourth-order valence-corrected chi connectivity index (χ4v) is 2.49. The largest absolute Gasteiger partial charge is 0.354 e. The van der Waals surface area contributed by atoms with Gasteiger partial charge < -0.3 is 15.2 Å². The van der Waals surface area contributed by atoms with Crippen LogP contribution in [0.1, 0.15) is 11.4 Å². The molecule has 3 aromatic rings. The molecule has 0 aliphatic heterocycles. The van der Waals surface area contributed by atoms with Crippen LogP contribution in [0.5, 0.6) is 0 Å². The number of H-pyrrole nitrogens is 1. The minimum Gasteiger partial charge on any atom is -0.354 e. The molecule has 8 heteroatoms. The van der Waals surface area contributed by atoms with Crippen LogP contribution in [0.4, 0.5) is 17.6 Å². The molecule has 0 spiro atoms. The molecule has 23 heavy (non-hydrogen) atoms. The monoisotopic (exact) mass is 375 g/mol. The maximum absolute atomic E-state index is 4.48. The van der Waals surface area contributed by atoms with Crippen LogP contribution in [0.25, 0.3) is 0 Å². The second-order valence-corrected chi connectivity index (χ2v) is 6.09. The minimum absolute atomic E-state index is 0.581. The normalized spacial score (nSPS) is 10.7. The van der Waals surface area contributed by atoms with Crippen LogP contribution in [0.15, 0.2) is 35.1 Å². The predicted molar refractivity (Wildman–Crippen MR) is 93.9 cm³/mol. The number of anilines is 3. The topological polar surface area (TPSA) is 83.4 Å². The Morgan fingerprint density at radius 1 is 1.39 bits per heavy atom. The molecule has 0 aromatic carbocycles. The van der Waals surface area contributed by atoms with Crippen molar-refractivity contribution < 1.29 is 0 Å². The van der Waals surface area contributed by atoms with E-state index in [1.54, 1.807) is 6.20 Å². The van der Waals surface area contributed by atoms with Crippen molar-refractivity contribution in [3.8, 4) is 0 Å². The molecule has 0 unspecified atom stereocenters. The van der Waals surface area contributed by atoms with Gasteiger partial charge >= 0.3 is 0 Å². The van der Waals surface area contributed by atoms with Crippen molar-refractivity contribution in [2.75, 3.05) is 17.2 Å². The van der Waals surface area contributed by atoms with Crippen molar-refractivity contribution in [1.29, 1.82) is 0 Å². The highest BCUT2D eigenvalue weighted by atomic mass is 79.9. The maximum Gasteiger partial charge on any atom is 0.224 e. The van der Waals surface area contributed by atoms with Crippen LogP contribution in [0.2, 0.25) is 0 Å². The molecular weight excluding hydrogens is 358 g/mol. The number of aryl methyl sites for hydroxylation is 2. The average molecular weight is 376 g/mol. The van der Waals surface area contributed by atoms with Gasteiger partial charge in [0.15, 0.2) is 11.6 Å².